The number of halogens is 1. The van der Waals surface area contributed by atoms with Crippen LogP contribution in [-0.2, 0) is 0 Å². The fraction of sp³-hybridized carbons (Fsp3) is 0.385. The van der Waals surface area contributed by atoms with E-state index < -0.39 is 0 Å². The molecule has 1 heterocycles. The van der Waals surface area contributed by atoms with Gasteiger partial charge >= 0.3 is 0 Å². The molecule has 15 heavy (non-hydrogen) atoms. The Kier molecular flexibility index (Phi) is 6.45. The highest BCUT2D eigenvalue weighted by molar-refractivity contribution is 7.09. The molecular formula is C13H17ClS. The number of hydrogen-bond donors (Lipinski definition) is 0. The van der Waals surface area contributed by atoms with E-state index in [1.54, 1.807) is 11.3 Å². The van der Waals surface area contributed by atoms with Crippen LogP contribution in [0, 0.1) is 0 Å². The van der Waals surface area contributed by atoms with Gasteiger partial charge in [0.05, 0.1) is 0 Å². The smallest absolute Gasteiger partial charge is 0.0223 e. The van der Waals surface area contributed by atoms with Crippen LogP contribution in [0.2, 0.25) is 0 Å². The molecule has 0 spiro atoms. The molecule has 0 bridgehead atoms. The zero-order chi connectivity index (χ0) is 10.9. The fourth-order valence-electron chi connectivity index (χ4n) is 1.25. The summed E-state index contributed by atoms with van der Waals surface area (Å²) in [6.45, 7) is 2.17. The highest BCUT2D eigenvalue weighted by atomic mass is 35.5. The number of rotatable bonds is 3. The van der Waals surface area contributed by atoms with Crippen LogP contribution < -0.4 is 0 Å². The average Bonchev–Trinajstić information content (AvgIpc) is 2.75. The minimum atomic E-state index is 0.827. The summed E-state index contributed by atoms with van der Waals surface area (Å²) < 4.78 is 0. The van der Waals surface area contributed by atoms with Gasteiger partial charge in [0.25, 0.3) is 0 Å². The third kappa shape index (κ3) is 4.67. The molecule has 0 saturated carbocycles. The molecule has 0 saturated heterocycles. The molecule has 0 fully saturated rings. The standard InChI is InChI=1S/C8H6S.C5H11Cl/c1-2-4-8-6-9-5-7(8)3-1;1-2-3-4-5-6/h1-6H;2-5H2,1H3. The molecule has 0 aliphatic carbocycles. The van der Waals surface area contributed by atoms with Crippen LogP contribution in [0.5, 0.6) is 0 Å². The van der Waals surface area contributed by atoms with E-state index in [1.165, 1.54) is 30.0 Å². The number of alkyl halides is 1. The van der Waals surface area contributed by atoms with E-state index in [0.29, 0.717) is 0 Å². The molecule has 2 rings (SSSR count). The Morgan fingerprint density at radius 3 is 2.07 bits per heavy atom. The third-order valence-corrected chi connectivity index (χ3v) is 3.17. The molecule has 0 nitrogen and oxygen atoms in total. The van der Waals surface area contributed by atoms with Crippen molar-refractivity contribution in [3.05, 3.63) is 35.0 Å². The molecule has 1 aromatic heterocycles. The Morgan fingerprint density at radius 1 is 1.07 bits per heavy atom. The Morgan fingerprint density at radius 2 is 1.67 bits per heavy atom. The lowest BCUT2D eigenvalue weighted by Crippen LogP contribution is -1.70. The number of unbranched alkanes of at least 4 members (excludes halogenated alkanes) is 2. The second-order valence-electron chi connectivity index (χ2n) is 3.40. The van der Waals surface area contributed by atoms with E-state index in [-0.39, 0.29) is 0 Å². The van der Waals surface area contributed by atoms with Gasteiger partial charge in [-0.3, -0.25) is 0 Å². The number of benzene rings is 1. The Hall–Kier alpha value is -0.530. The van der Waals surface area contributed by atoms with Crippen molar-refractivity contribution in [3.63, 3.8) is 0 Å². The first-order valence-electron chi connectivity index (χ1n) is 5.35. The van der Waals surface area contributed by atoms with Gasteiger partial charge in [-0.15, -0.1) is 11.6 Å². The fourth-order valence-corrected chi connectivity index (χ4v) is 2.23. The molecule has 2 heteroatoms. The minimum Gasteiger partial charge on any atom is -0.151 e. The largest absolute Gasteiger partial charge is 0.151 e. The van der Waals surface area contributed by atoms with Crippen LogP contribution in [0.3, 0.4) is 0 Å². The average molecular weight is 241 g/mol. The lowest BCUT2D eigenvalue weighted by Gasteiger charge is -1.84. The second-order valence-corrected chi connectivity index (χ2v) is 4.52. The lowest BCUT2D eigenvalue weighted by molar-refractivity contribution is 0.776. The number of hydrogen-bond acceptors (Lipinski definition) is 1. The predicted octanol–water partition coefficient (Wildman–Crippen LogP) is 5.32. The molecular weight excluding hydrogens is 224 g/mol. The molecule has 0 amide bonds. The number of thiophene rings is 1. The van der Waals surface area contributed by atoms with Crippen LogP contribution in [0.4, 0.5) is 0 Å². The van der Waals surface area contributed by atoms with Gasteiger partial charge < -0.3 is 0 Å². The van der Waals surface area contributed by atoms with Gasteiger partial charge in [0.15, 0.2) is 0 Å². The third-order valence-electron chi connectivity index (χ3n) is 2.12. The van der Waals surface area contributed by atoms with Crippen LogP contribution in [-0.4, -0.2) is 5.88 Å². The van der Waals surface area contributed by atoms with Gasteiger partial charge in [-0.05, 0) is 28.0 Å². The molecule has 2 aromatic rings. The van der Waals surface area contributed by atoms with E-state index in [4.69, 9.17) is 11.6 Å². The van der Waals surface area contributed by atoms with Gasteiger partial charge in [-0.2, -0.15) is 11.3 Å². The Labute approximate surface area is 101 Å². The highest BCUT2D eigenvalue weighted by Gasteiger charge is 1.87. The van der Waals surface area contributed by atoms with E-state index in [0.717, 1.165) is 5.88 Å². The zero-order valence-electron chi connectivity index (χ0n) is 9.08. The summed E-state index contributed by atoms with van der Waals surface area (Å²) in [4.78, 5) is 0. The second kappa shape index (κ2) is 7.72. The topological polar surface area (TPSA) is 0 Å². The Balaban J connectivity index is 0.000000167. The van der Waals surface area contributed by atoms with Gasteiger partial charge in [-0.1, -0.05) is 44.0 Å². The molecule has 0 aliphatic rings. The van der Waals surface area contributed by atoms with Crippen LogP contribution in [0.15, 0.2) is 35.0 Å². The van der Waals surface area contributed by atoms with Crippen LogP contribution >= 0.6 is 22.9 Å². The van der Waals surface area contributed by atoms with Crippen molar-refractivity contribution in [2.75, 3.05) is 5.88 Å². The van der Waals surface area contributed by atoms with Gasteiger partial charge in [-0.25, -0.2) is 0 Å². The molecule has 0 N–H and O–H groups in total. The lowest BCUT2D eigenvalue weighted by atomic mass is 10.2. The summed E-state index contributed by atoms with van der Waals surface area (Å²) >= 11 is 7.13. The maximum absolute atomic E-state index is 5.38. The van der Waals surface area contributed by atoms with Crippen molar-refractivity contribution in [1.29, 1.82) is 0 Å². The van der Waals surface area contributed by atoms with E-state index in [1.807, 2.05) is 0 Å². The first-order chi connectivity index (χ1) is 7.38. The van der Waals surface area contributed by atoms with Crippen LogP contribution in [0.25, 0.3) is 10.8 Å². The Bertz CT molecular complexity index is 333. The maximum Gasteiger partial charge on any atom is 0.0223 e. The molecule has 82 valence electrons. The zero-order valence-corrected chi connectivity index (χ0v) is 10.7. The summed E-state index contributed by atoms with van der Waals surface area (Å²) in [5, 5.41) is 7.02. The molecule has 0 atom stereocenters. The SMILES string of the molecule is CCCCCCl.c1ccc2cscc2c1. The van der Waals surface area contributed by atoms with Crippen molar-refractivity contribution in [2.45, 2.75) is 26.2 Å². The molecule has 0 radical (unpaired) electrons. The van der Waals surface area contributed by atoms with E-state index in [9.17, 15) is 0 Å². The molecule has 1 aromatic carbocycles. The monoisotopic (exact) mass is 240 g/mol. The van der Waals surface area contributed by atoms with Gasteiger partial charge in [0, 0.05) is 5.88 Å². The van der Waals surface area contributed by atoms with Crippen LogP contribution in [0.1, 0.15) is 26.2 Å². The summed E-state index contributed by atoms with van der Waals surface area (Å²) in [6.07, 6.45) is 3.73. The van der Waals surface area contributed by atoms with Crippen molar-refractivity contribution >= 4 is 33.7 Å². The maximum atomic E-state index is 5.38. The minimum absolute atomic E-state index is 0.827. The summed E-state index contributed by atoms with van der Waals surface area (Å²) in [6, 6.07) is 8.39. The van der Waals surface area contributed by atoms with E-state index >= 15 is 0 Å². The molecule has 0 unspecified atom stereocenters. The first kappa shape index (κ1) is 12.5. The van der Waals surface area contributed by atoms with Crippen molar-refractivity contribution in [2.24, 2.45) is 0 Å². The van der Waals surface area contributed by atoms with E-state index in [2.05, 4.69) is 41.9 Å². The van der Waals surface area contributed by atoms with Crippen molar-refractivity contribution in [3.8, 4) is 0 Å². The summed E-state index contributed by atoms with van der Waals surface area (Å²) in [5.41, 5.74) is 0. The number of fused-ring (bicyclic) bond motifs is 1. The highest BCUT2D eigenvalue weighted by Crippen LogP contribution is 2.17. The van der Waals surface area contributed by atoms with Gasteiger partial charge in [0.2, 0.25) is 0 Å². The molecule has 0 aliphatic heterocycles. The van der Waals surface area contributed by atoms with Crippen molar-refractivity contribution < 1.29 is 0 Å². The van der Waals surface area contributed by atoms with Crippen molar-refractivity contribution in [1.82, 2.24) is 0 Å². The normalized spacial score (nSPS) is 9.73. The quantitative estimate of drug-likeness (QED) is 0.503. The summed E-state index contributed by atoms with van der Waals surface area (Å²) in [7, 11) is 0. The predicted molar refractivity (Wildman–Crippen MR) is 72.1 cm³/mol. The summed E-state index contributed by atoms with van der Waals surface area (Å²) in [5.74, 6) is 0.827. The van der Waals surface area contributed by atoms with Gasteiger partial charge in [0.1, 0.15) is 0 Å². The first-order valence-corrected chi connectivity index (χ1v) is 6.83.